The third-order valence-electron chi connectivity index (χ3n) is 3.92. The Morgan fingerprint density at radius 3 is 3.10 bits per heavy atom. The molecule has 0 amide bonds. The van der Waals surface area contributed by atoms with Gasteiger partial charge in [-0.3, -0.25) is 4.90 Å². The smallest absolute Gasteiger partial charge is 0.236 e. The molecule has 0 aliphatic carbocycles. The number of nitrogens with zero attached hydrogens (tertiary/aromatic N) is 2. The minimum atomic E-state index is 0. The standard InChI is InChI=1S/C15H21N3OS.ClH/c1-11-13(10-18-7-3-5-12(18)9-16-2)17-15(19-11)14-6-4-8-20-14;/h4,6,8,12,16H,3,5,7,9-10H2,1-2H3;1H. The van der Waals surface area contributed by atoms with Gasteiger partial charge in [0.05, 0.1) is 10.6 Å². The van der Waals surface area contributed by atoms with Crippen molar-refractivity contribution in [1.82, 2.24) is 15.2 Å². The molecule has 1 fully saturated rings. The van der Waals surface area contributed by atoms with Crippen LogP contribution < -0.4 is 5.32 Å². The van der Waals surface area contributed by atoms with Crippen molar-refractivity contribution in [2.24, 2.45) is 0 Å². The minimum absolute atomic E-state index is 0. The van der Waals surface area contributed by atoms with Crippen LogP contribution in [-0.4, -0.2) is 36.1 Å². The van der Waals surface area contributed by atoms with Crippen molar-refractivity contribution in [1.29, 1.82) is 0 Å². The summed E-state index contributed by atoms with van der Waals surface area (Å²) in [6.45, 7) is 5.12. The summed E-state index contributed by atoms with van der Waals surface area (Å²) in [7, 11) is 2.02. The molecule has 1 atom stereocenters. The molecule has 6 heteroatoms. The predicted octanol–water partition coefficient (Wildman–Crippen LogP) is 3.32. The normalized spacial score (nSPS) is 18.9. The van der Waals surface area contributed by atoms with Crippen LogP contribution >= 0.6 is 23.7 Å². The van der Waals surface area contributed by atoms with Crippen LogP contribution in [0.3, 0.4) is 0 Å². The van der Waals surface area contributed by atoms with Crippen LogP contribution in [0.5, 0.6) is 0 Å². The highest BCUT2D eigenvalue weighted by Crippen LogP contribution is 2.27. The number of hydrogen-bond acceptors (Lipinski definition) is 5. The summed E-state index contributed by atoms with van der Waals surface area (Å²) in [5, 5.41) is 5.34. The van der Waals surface area contributed by atoms with Gasteiger partial charge in [-0.05, 0) is 44.8 Å². The van der Waals surface area contributed by atoms with Gasteiger partial charge in [0.25, 0.3) is 0 Å². The van der Waals surface area contributed by atoms with Crippen molar-refractivity contribution in [2.75, 3.05) is 20.1 Å². The Labute approximate surface area is 136 Å². The van der Waals surface area contributed by atoms with Gasteiger partial charge < -0.3 is 9.73 Å². The van der Waals surface area contributed by atoms with E-state index in [4.69, 9.17) is 9.40 Å². The monoisotopic (exact) mass is 327 g/mol. The lowest BCUT2D eigenvalue weighted by atomic mass is 10.2. The predicted molar refractivity (Wildman–Crippen MR) is 89.2 cm³/mol. The molecule has 1 aliphatic heterocycles. The van der Waals surface area contributed by atoms with Gasteiger partial charge in [-0.15, -0.1) is 23.7 Å². The van der Waals surface area contributed by atoms with E-state index >= 15 is 0 Å². The Hall–Kier alpha value is -0.880. The average molecular weight is 328 g/mol. The topological polar surface area (TPSA) is 41.3 Å². The molecular weight excluding hydrogens is 306 g/mol. The van der Waals surface area contributed by atoms with E-state index < -0.39 is 0 Å². The molecule has 0 saturated carbocycles. The fraction of sp³-hybridized carbons (Fsp3) is 0.533. The Balaban J connectivity index is 0.00000161. The molecule has 4 nitrogen and oxygen atoms in total. The van der Waals surface area contributed by atoms with E-state index in [0.29, 0.717) is 6.04 Å². The van der Waals surface area contributed by atoms with Gasteiger partial charge >= 0.3 is 0 Å². The lowest BCUT2D eigenvalue weighted by molar-refractivity contribution is 0.238. The molecule has 0 bridgehead atoms. The molecule has 21 heavy (non-hydrogen) atoms. The fourth-order valence-electron chi connectivity index (χ4n) is 2.84. The number of thiophene rings is 1. The molecule has 1 saturated heterocycles. The van der Waals surface area contributed by atoms with Crippen molar-refractivity contribution in [3.63, 3.8) is 0 Å². The van der Waals surface area contributed by atoms with Gasteiger partial charge in [0.2, 0.25) is 5.89 Å². The number of nitrogens with one attached hydrogen (secondary N) is 1. The highest BCUT2D eigenvalue weighted by molar-refractivity contribution is 7.13. The zero-order chi connectivity index (χ0) is 13.9. The molecule has 0 aromatic carbocycles. The van der Waals surface area contributed by atoms with Crippen molar-refractivity contribution < 1.29 is 4.42 Å². The second-order valence-electron chi connectivity index (χ2n) is 5.32. The van der Waals surface area contributed by atoms with E-state index in [9.17, 15) is 0 Å². The average Bonchev–Trinajstić information content (AvgIpc) is 3.13. The van der Waals surface area contributed by atoms with E-state index in [2.05, 4.69) is 21.7 Å². The Bertz CT molecular complexity index is 555. The lowest BCUT2D eigenvalue weighted by Gasteiger charge is -2.23. The number of rotatable bonds is 5. The van der Waals surface area contributed by atoms with Crippen LogP contribution in [0.1, 0.15) is 24.3 Å². The van der Waals surface area contributed by atoms with Crippen LogP contribution in [0.4, 0.5) is 0 Å². The summed E-state index contributed by atoms with van der Waals surface area (Å²) < 4.78 is 5.82. The molecular formula is C15H22ClN3OS. The molecule has 1 aliphatic rings. The highest BCUT2D eigenvalue weighted by Gasteiger charge is 2.25. The quantitative estimate of drug-likeness (QED) is 0.914. The van der Waals surface area contributed by atoms with Crippen molar-refractivity contribution in [3.8, 4) is 10.8 Å². The van der Waals surface area contributed by atoms with Crippen LogP contribution in [-0.2, 0) is 6.54 Å². The Kier molecular flexibility index (Phi) is 5.81. The molecule has 1 unspecified atom stereocenters. The highest BCUT2D eigenvalue weighted by atomic mass is 35.5. The van der Waals surface area contributed by atoms with Gasteiger partial charge in [-0.1, -0.05) is 6.07 Å². The van der Waals surface area contributed by atoms with Crippen molar-refractivity contribution in [2.45, 2.75) is 32.4 Å². The van der Waals surface area contributed by atoms with Gasteiger partial charge in [-0.25, -0.2) is 4.98 Å². The fourth-order valence-corrected chi connectivity index (χ4v) is 3.49. The van der Waals surface area contributed by atoms with Gasteiger partial charge in [0.1, 0.15) is 5.76 Å². The van der Waals surface area contributed by atoms with Crippen LogP contribution in [0, 0.1) is 6.92 Å². The van der Waals surface area contributed by atoms with Crippen LogP contribution in [0.15, 0.2) is 21.9 Å². The molecule has 3 heterocycles. The summed E-state index contributed by atoms with van der Waals surface area (Å²) in [5.41, 5.74) is 1.08. The van der Waals surface area contributed by atoms with Crippen LogP contribution in [0.2, 0.25) is 0 Å². The second kappa shape index (κ2) is 7.40. The van der Waals surface area contributed by atoms with E-state index in [1.54, 1.807) is 11.3 Å². The van der Waals surface area contributed by atoms with Gasteiger partial charge in [0, 0.05) is 19.1 Å². The van der Waals surface area contributed by atoms with E-state index in [-0.39, 0.29) is 12.4 Å². The summed E-state index contributed by atoms with van der Waals surface area (Å²) in [5.74, 6) is 1.71. The molecule has 2 aromatic rings. The number of likely N-dealkylation sites (tertiary alicyclic amines) is 1. The SMILES string of the molecule is CNCC1CCCN1Cc1nc(-c2cccs2)oc1C.Cl. The third-order valence-corrected chi connectivity index (χ3v) is 4.77. The maximum absolute atomic E-state index is 5.82. The maximum Gasteiger partial charge on any atom is 0.236 e. The van der Waals surface area contributed by atoms with Crippen molar-refractivity contribution in [3.05, 3.63) is 29.0 Å². The number of aryl methyl sites for hydroxylation is 1. The second-order valence-corrected chi connectivity index (χ2v) is 6.27. The first-order valence-corrected chi connectivity index (χ1v) is 8.04. The number of hydrogen-bond donors (Lipinski definition) is 1. The summed E-state index contributed by atoms with van der Waals surface area (Å²) in [6.07, 6.45) is 2.55. The van der Waals surface area contributed by atoms with Crippen LogP contribution in [0.25, 0.3) is 10.8 Å². The number of oxazole rings is 1. The Morgan fingerprint density at radius 2 is 2.38 bits per heavy atom. The third kappa shape index (κ3) is 3.66. The van der Waals surface area contributed by atoms with E-state index in [1.807, 2.05) is 20.0 Å². The van der Waals surface area contributed by atoms with Gasteiger partial charge in [0.15, 0.2) is 0 Å². The van der Waals surface area contributed by atoms with E-state index in [0.717, 1.165) is 41.9 Å². The van der Waals surface area contributed by atoms with E-state index in [1.165, 1.54) is 12.8 Å². The first-order valence-electron chi connectivity index (χ1n) is 7.16. The molecule has 2 aromatic heterocycles. The maximum atomic E-state index is 5.82. The van der Waals surface area contributed by atoms with Crippen molar-refractivity contribution >= 4 is 23.7 Å². The minimum Gasteiger partial charge on any atom is -0.440 e. The number of likely N-dealkylation sites (N-methyl/N-ethyl adjacent to an activating group) is 1. The molecule has 0 radical (unpaired) electrons. The first-order chi connectivity index (χ1) is 9.78. The molecule has 3 rings (SSSR count). The molecule has 116 valence electrons. The first kappa shape index (κ1) is 16.5. The number of aromatic nitrogens is 1. The zero-order valence-corrected chi connectivity index (χ0v) is 14.1. The zero-order valence-electron chi connectivity index (χ0n) is 12.5. The summed E-state index contributed by atoms with van der Waals surface area (Å²) in [4.78, 5) is 8.31. The lowest BCUT2D eigenvalue weighted by Crippen LogP contribution is -2.36. The molecule has 1 N–H and O–H groups in total. The number of halogens is 1. The summed E-state index contributed by atoms with van der Waals surface area (Å²) >= 11 is 1.67. The molecule has 0 spiro atoms. The largest absolute Gasteiger partial charge is 0.440 e. The Morgan fingerprint density at radius 1 is 1.52 bits per heavy atom. The van der Waals surface area contributed by atoms with Gasteiger partial charge in [-0.2, -0.15) is 0 Å². The summed E-state index contributed by atoms with van der Waals surface area (Å²) in [6, 6.07) is 4.71.